The summed E-state index contributed by atoms with van der Waals surface area (Å²) in [6, 6.07) is 4.79. The molecule has 1 amide bonds. The van der Waals surface area contributed by atoms with Crippen molar-refractivity contribution in [2.75, 3.05) is 6.54 Å². The van der Waals surface area contributed by atoms with Crippen molar-refractivity contribution < 1.29 is 23.8 Å². The van der Waals surface area contributed by atoms with Crippen molar-refractivity contribution in [1.29, 1.82) is 0 Å². The van der Waals surface area contributed by atoms with Crippen molar-refractivity contribution >= 4 is 5.91 Å². The number of phenols is 1. The van der Waals surface area contributed by atoms with E-state index < -0.39 is 17.3 Å². The molecule has 2 aromatic rings. The molecule has 1 unspecified atom stereocenters. The Morgan fingerprint density at radius 1 is 1.36 bits per heavy atom. The number of rotatable bonds is 4. The second-order valence-corrected chi connectivity index (χ2v) is 5.44. The first-order valence-corrected chi connectivity index (χ1v) is 6.77. The highest BCUT2D eigenvalue weighted by molar-refractivity contribution is 5.96. The predicted octanol–water partition coefficient (Wildman–Crippen LogP) is 2.38. The van der Waals surface area contributed by atoms with Gasteiger partial charge in [-0.05, 0) is 45.0 Å². The average molecular weight is 307 g/mol. The maximum Gasteiger partial charge on any atom is 0.255 e. The summed E-state index contributed by atoms with van der Waals surface area (Å²) < 4.78 is 18.5. The van der Waals surface area contributed by atoms with Crippen molar-refractivity contribution in [2.24, 2.45) is 0 Å². The van der Waals surface area contributed by atoms with Crippen LogP contribution in [0.2, 0.25) is 0 Å². The number of phenolic OH excluding ortho intramolecular Hbond substituents is 1. The van der Waals surface area contributed by atoms with Gasteiger partial charge in [-0.15, -0.1) is 0 Å². The molecule has 0 aliphatic carbocycles. The van der Waals surface area contributed by atoms with Crippen LogP contribution in [0.3, 0.4) is 0 Å². The van der Waals surface area contributed by atoms with Gasteiger partial charge < -0.3 is 19.9 Å². The van der Waals surface area contributed by atoms with Crippen LogP contribution in [0, 0.1) is 19.7 Å². The third-order valence-corrected chi connectivity index (χ3v) is 3.42. The van der Waals surface area contributed by atoms with Gasteiger partial charge >= 0.3 is 0 Å². The zero-order chi connectivity index (χ0) is 16.5. The first kappa shape index (κ1) is 16.0. The Kier molecular flexibility index (Phi) is 4.23. The molecular weight excluding hydrogens is 289 g/mol. The van der Waals surface area contributed by atoms with Crippen molar-refractivity contribution in [3.05, 3.63) is 52.7 Å². The topological polar surface area (TPSA) is 82.7 Å². The number of hydrogen-bond donors (Lipinski definition) is 3. The SMILES string of the molecule is Cc1cc(C(C)(O)CNC(=O)c2cc(F)ccc2O)c(C)o1. The number of carbonyl (C=O) groups is 1. The average Bonchev–Trinajstić information content (AvgIpc) is 2.79. The number of halogens is 1. The Morgan fingerprint density at radius 2 is 2.05 bits per heavy atom. The molecule has 0 saturated heterocycles. The van der Waals surface area contributed by atoms with Crippen molar-refractivity contribution in [3.63, 3.8) is 0 Å². The predicted molar refractivity (Wildman–Crippen MR) is 78.2 cm³/mol. The van der Waals surface area contributed by atoms with Crippen molar-refractivity contribution in [2.45, 2.75) is 26.4 Å². The number of carbonyl (C=O) groups excluding carboxylic acids is 1. The summed E-state index contributed by atoms with van der Waals surface area (Å²) in [5.41, 5.74) is -0.967. The molecule has 5 nitrogen and oxygen atoms in total. The van der Waals surface area contributed by atoms with Crippen LogP contribution in [0.4, 0.5) is 4.39 Å². The van der Waals surface area contributed by atoms with Gasteiger partial charge in [-0.3, -0.25) is 4.79 Å². The molecule has 1 atom stereocenters. The van der Waals surface area contributed by atoms with Gasteiger partial charge in [0.2, 0.25) is 0 Å². The van der Waals surface area contributed by atoms with Crippen LogP contribution in [0.25, 0.3) is 0 Å². The molecule has 3 N–H and O–H groups in total. The van der Waals surface area contributed by atoms with Gasteiger partial charge in [0, 0.05) is 5.56 Å². The van der Waals surface area contributed by atoms with Crippen LogP contribution < -0.4 is 5.32 Å². The van der Waals surface area contributed by atoms with Gasteiger partial charge in [0.1, 0.15) is 28.7 Å². The highest BCUT2D eigenvalue weighted by atomic mass is 19.1. The van der Waals surface area contributed by atoms with Crippen molar-refractivity contribution in [1.82, 2.24) is 5.32 Å². The summed E-state index contributed by atoms with van der Waals surface area (Å²) in [5.74, 6) is -0.410. The Bertz CT molecular complexity index is 706. The summed E-state index contributed by atoms with van der Waals surface area (Å²) in [5, 5.41) is 22.6. The lowest BCUT2D eigenvalue weighted by Gasteiger charge is -2.23. The fourth-order valence-electron chi connectivity index (χ4n) is 2.30. The molecule has 0 fully saturated rings. The molecule has 1 aromatic carbocycles. The minimum atomic E-state index is -1.35. The van der Waals surface area contributed by atoms with Crippen LogP contribution in [-0.4, -0.2) is 22.7 Å². The van der Waals surface area contributed by atoms with Crippen LogP contribution in [-0.2, 0) is 5.60 Å². The minimum Gasteiger partial charge on any atom is -0.507 e. The number of hydrogen-bond acceptors (Lipinski definition) is 4. The third kappa shape index (κ3) is 3.28. The Balaban J connectivity index is 2.13. The molecule has 0 radical (unpaired) electrons. The Morgan fingerprint density at radius 3 is 2.64 bits per heavy atom. The maximum absolute atomic E-state index is 13.1. The van der Waals surface area contributed by atoms with E-state index in [4.69, 9.17) is 4.42 Å². The Labute approximate surface area is 127 Å². The maximum atomic E-state index is 13.1. The highest BCUT2D eigenvalue weighted by Crippen LogP contribution is 2.26. The normalized spacial score (nSPS) is 13.7. The van der Waals surface area contributed by atoms with E-state index in [0.717, 1.165) is 18.2 Å². The molecule has 0 aliphatic rings. The largest absolute Gasteiger partial charge is 0.507 e. The van der Waals surface area contributed by atoms with Gasteiger partial charge in [-0.1, -0.05) is 0 Å². The number of furan rings is 1. The zero-order valence-electron chi connectivity index (χ0n) is 12.6. The fraction of sp³-hybridized carbons (Fsp3) is 0.312. The van der Waals surface area contributed by atoms with Gasteiger partial charge in [-0.25, -0.2) is 4.39 Å². The molecule has 0 spiro atoms. The van der Waals surface area contributed by atoms with Crippen LogP contribution >= 0.6 is 0 Å². The monoisotopic (exact) mass is 307 g/mol. The quantitative estimate of drug-likeness (QED) is 0.810. The number of aromatic hydroxyl groups is 1. The highest BCUT2D eigenvalue weighted by Gasteiger charge is 2.28. The van der Waals surface area contributed by atoms with Crippen LogP contribution in [0.5, 0.6) is 5.75 Å². The summed E-state index contributed by atoms with van der Waals surface area (Å²) in [6.45, 7) is 4.91. The molecule has 1 aromatic heterocycles. The molecule has 118 valence electrons. The van der Waals surface area contributed by atoms with Crippen LogP contribution in [0.1, 0.15) is 34.4 Å². The van der Waals surface area contributed by atoms with Gasteiger partial charge in [0.15, 0.2) is 0 Å². The second-order valence-electron chi connectivity index (χ2n) is 5.44. The molecule has 0 saturated carbocycles. The molecule has 0 bridgehead atoms. The van der Waals surface area contributed by atoms with Gasteiger partial charge in [0.25, 0.3) is 5.91 Å². The van der Waals surface area contributed by atoms with E-state index in [9.17, 15) is 19.4 Å². The lowest BCUT2D eigenvalue weighted by Crippen LogP contribution is -2.38. The van der Waals surface area contributed by atoms with E-state index in [1.807, 2.05) is 0 Å². The number of nitrogens with one attached hydrogen (secondary N) is 1. The van der Waals surface area contributed by atoms with Gasteiger partial charge in [0.05, 0.1) is 12.1 Å². The number of aliphatic hydroxyl groups is 1. The molecule has 2 rings (SSSR count). The molecular formula is C16H18FNO4. The molecule has 22 heavy (non-hydrogen) atoms. The molecule has 6 heteroatoms. The fourth-order valence-corrected chi connectivity index (χ4v) is 2.30. The lowest BCUT2D eigenvalue weighted by atomic mass is 9.96. The van der Waals surface area contributed by atoms with Crippen LogP contribution in [0.15, 0.2) is 28.7 Å². The van der Waals surface area contributed by atoms with E-state index in [1.54, 1.807) is 19.9 Å². The second kappa shape index (κ2) is 5.81. The first-order valence-electron chi connectivity index (χ1n) is 6.77. The van der Waals surface area contributed by atoms with Gasteiger partial charge in [-0.2, -0.15) is 0 Å². The van der Waals surface area contributed by atoms with E-state index in [0.29, 0.717) is 17.1 Å². The molecule has 1 heterocycles. The summed E-state index contributed by atoms with van der Waals surface area (Å²) in [6.07, 6.45) is 0. The third-order valence-electron chi connectivity index (χ3n) is 3.42. The minimum absolute atomic E-state index is 0.110. The molecule has 0 aliphatic heterocycles. The van der Waals surface area contributed by atoms with E-state index in [2.05, 4.69) is 5.32 Å². The smallest absolute Gasteiger partial charge is 0.255 e. The Hall–Kier alpha value is -2.34. The lowest BCUT2D eigenvalue weighted by molar-refractivity contribution is 0.0513. The zero-order valence-corrected chi connectivity index (χ0v) is 12.6. The van der Waals surface area contributed by atoms with Crippen molar-refractivity contribution in [3.8, 4) is 5.75 Å². The summed E-state index contributed by atoms with van der Waals surface area (Å²) in [7, 11) is 0. The summed E-state index contributed by atoms with van der Waals surface area (Å²) >= 11 is 0. The number of aryl methyl sites for hydroxylation is 2. The van der Waals surface area contributed by atoms with E-state index in [1.165, 1.54) is 6.92 Å². The summed E-state index contributed by atoms with van der Waals surface area (Å²) in [4.78, 5) is 12.0. The van der Waals surface area contributed by atoms with E-state index in [-0.39, 0.29) is 17.9 Å². The van der Waals surface area contributed by atoms with E-state index >= 15 is 0 Å². The number of benzene rings is 1. The first-order chi connectivity index (χ1) is 10.2. The standard InChI is InChI=1S/C16H18FNO4/c1-9-6-13(10(2)22-9)16(3,21)8-18-15(20)12-7-11(17)4-5-14(12)19/h4-7,19,21H,8H2,1-3H3,(H,18,20). The number of amides is 1.